The number of unbranched alkanes of at least 4 members (excludes halogenated alkanes) is 1. The fourth-order valence-corrected chi connectivity index (χ4v) is 6.22. The molecule has 0 aliphatic carbocycles. The van der Waals surface area contributed by atoms with E-state index in [0.29, 0.717) is 59.6 Å². The second-order valence-corrected chi connectivity index (χ2v) is 12.7. The molecule has 0 saturated heterocycles. The fraction of sp³-hybridized carbons (Fsp3) is 0.130. The Morgan fingerprint density at radius 2 is 0.731 bits per heavy atom. The number of phenols is 2. The molecule has 0 radical (unpaired) electrons. The van der Waals surface area contributed by atoms with Crippen LogP contribution < -0.4 is 0 Å². The molecule has 6 aromatic rings. The number of aryl methyl sites for hydroxylation is 2. The lowest BCUT2D eigenvalue weighted by Gasteiger charge is -2.15. The van der Waals surface area contributed by atoms with Gasteiger partial charge in [-0.3, -0.25) is 19.6 Å². The lowest BCUT2D eigenvalue weighted by atomic mass is 9.93. The van der Waals surface area contributed by atoms with Crippen LogP contribution in [0.4, 0.5) is 0 Å². The molecular formula is C46H40N2O4. The summed E-state index contributed by atoms with van der Waals surface area (Å²) in [7, 11) is 0. The van der Waals surface area contributed by atoms with Gasteiger partial charge in [-0.25, -0.2) is 0 Å². The summed E-state index contributed by atoms with van der Waals surface area (Å²) < 4.78 is 0. The van der Waals surface area contributed by atoms with E-state index in [1.54, 1.807) is 60.7 Å². The van der Waals surface area contributed by atoms with Gasteiger partial charge < -0.3 is 10.2 Å². The van der Waals surface area contributed by atoms with Crippen LogP contribution in [0.3, 0.4) is 0 Å². The Morgan fingerprint density at radius 1 is 0.442 bits per heavy atom. The highest BCUT2D eigenvalue weighted by Gasteiger charge is 2.22. The van der Waals surface area contributed by atoms with Crippen LogP contribution in [-0.4, -0.2) is 46.3 Å². The largest absolute Gasteiger partial charge is 0.506 e. The van der Waals surface area contributed by atoms with Gasteiger partial charge >= 0.3 is 0 Å². The summed E-state index contributed by atoms with van der Waals surface area (Å²) in [6.45, 7) is 4.73. The summed E-state index contributed by atoms with van der Waals surface area (Å²) in [5.41, 5.74) is 7.05. The molecule has 2 N–H and O–H groups in total. The maximum absolute atomic E-state index is 13.4. The van der Waals surface area contributed by atoms with Crippen molar-refractivity contribution in [3.8, 4) is 11.5 Å². The first kappa shape index (κ1) is 35.4. The minimum Gasteiger partial charge on any atom is -0.506 e. The number of hydrogen-bond acceptors (Lipinski definition) is 6. The molecule has 0 unspecified atom stereocenters. The summed E-state index contributed by atoms with van der Waals surface area (Å²) in [4.78, 5) is 36.8. The van der Waals surface area contributed by atoms with Crippen LogP contribution in [0.25, 0.3) is 0 Å². The first-order chi connectivity index (χ1) is 25.3. The summed E-state index contributed by atoms with van der Waals surface area (Å²) in [6.07, 6.45) is 1.39. The van der Waals surface area contributed by atoms with Gasteiger partial charge in [0.05, 0.1) is 22.6 Å². The van der Waals surface area contributed by atoms with Crippen LogP contribution in [0, 0.1) is 13.8 Å². The van der Waals surface area contributed by atoms with Crippen molar-refractivity contribution in [1.82, 2.24) is 0 Å². The number of carbonyl (C=O) groups excluding carboxylic acids is 2. The molecule has 6 rings (SSSR count). The molecule has 6 heteroatoms. The number of carbonyl (C=O) groups is 2. The number of rotatable bonds is 13. The lowest BCUT2D eigenvalue weighted by Crippen LogP contribution is -2.10. The van der Waals surface area contributed by atoms with Crippen LogP contribution in [0.2, 0.25) is 0 Å². The zero-order valence-electron chi connectivity index (χ0n) is 29.3. The first-order valence-corrected chi connectivity index (χ1v) is 17.4. The Balaban J connectivity index is 1.26. The summed E-state index contributed by atoms with van der Waals surface area (Å²) in [5, 5.41) is 23.0. The lowest BCUT2D eigenvalue weighted by molar-refractivity contribution is 0.102. The molecule has 0 aliphatic rings. The third-order valence-electron chi connectivity index (χ3n) is 8.78. The standard InChI is InChI=1S/C46H40N2O4/c1-31-27-37(45(51)39(29-31)43(49)35-21-11-5-12-22-35)41(33-17-7-3-8-18-33)47-25-15-16-26-48-42(34-19-9-4-10-20-34)38-28-32(2)30-40(46(38)52)44(50)36-23-13-6-14-24-36/h3-14,17-24,27-30,51-52H,15-16,25-26H2,1-2H3. The number of aromatic hydroxyl groups is 2. The molecule has 0 heterocycles. The quantitative estimate of drug-likeness (QED) is 0.0720. The second-order valence-electron chi connectivity index (χ2n) is 12.7. The monoisotopic (exact) mass is 684 g/mol. The maximum Gasteiger partial charge on any atom is 0.196 e. The highest BCUT2D eigenvalue weighted by molar-refractivity contribution is 6.19. The van der Waals surface area contributed by atoms with Gasteiger partial charge in [0.1, 0.15) is 11.5 Å². The van der Waals surface area contributed by atoms with E-state index in [9.17, 15) is 19.8 Å². The van der Waals surface area contributed by atoms with Crippen molar-refractivity contribution in [3.63, 3.8) is 0 Å². The fourth-order valence-electron chi connectivity index (χ4n) is 6.22. The van der Waals surface area contributed by atoms with Crippen LogP contribution in [0.5, 0.6) is 11.5 Å². The molecule has 0 spiro atoms. The van der Waals surface area contributed by atoms with Gasteiger partial charge in [0.25, 0.3) is 0 Å². The summed E-state index contributed by atoms with van der Waals surface area (Å²) >= 11 is 0. The SMILES string of the molecule is Cc1cc(C(=O)c2ccccc2)c(O)c(C(=NCCCCN=C(c2ccccc2)c2cc(C)cc(C(=O)c3ccccc3)c2O)c2ccccc2)c1. The second kappa shape index (κ2) is 16.5. The van der Waals surface area contributed by atoms with E-state index in [1.807, 2.05) is 98.8 Å². The van der Waals surface area contributed by atoms with Gasteiger partial charge in [-0.05, 0) is 62.1 Å². The highest BCUT2D eigenvalue weighted by Crippen LogP contribution is 2.31. The number of hydrogen-bond donors (Lipinski definition) is 2. The van der Waals surface area contributed by atoms with Gasteiger partial charge in [0.15, 0.2) is 11.6 Å². The van der Waals surface area contributed by atoms with Gasteiger partial charge in [-0.15, -0.1) is 0 Å². The van der Waals surface area contributed by atoms with Crippen molar-refractivity contribution in [2.24, 2.45) is 9.98 Å². The average Bonchev–Trinajstić information content (AvgIpc) is 3.18. The minimum atomic E-state index is -0.251. The predicted octanol–water partition coefficient (Wildman–Crippen LogP) is 9.33. The highest BCUT2D eigenvalue weighted by atomic mass is 16.3. The van der Waals surface area contributed by atoms with Crippen molar-refractivity contribution >= 4 is 23.0 Å². The molecule has 0 atom stereocenters. The third kappa shape index (κ3) is 8.14. The number of nitrogens with zero attached hydrogens (tertiary/aromatic N) is 2. The summed E-state index contributed by atoms with van der Waals surface area (Å²) in [5.74, 6) is -0.693. The molecule has 0 bridgehead atoms. The first-order valence-electron chi connectivity index (χ1n) is 17.4. The molecule has 0 saturated carbocycles. The minimum absolute atomic E-state index is 0.0952. The Hall–Kier alpha value is -6.40. The molecule has 52 heavy (non-hydrogen) atoms. The number of aliphatic imine (C=N–C) groups is 2. The molecule has 6 aromatic carbocycles. The van der Waals surface area contributed by atoms with Crippen molar-refractivity contribution < 1.29 is 19.8 Å². The maximum atomic E-state index is 13.4. The van der Waals surface area contributed by atoms with Crippen LogP contribution in [-0.2, 0) is 0 Å². The number of ketones is 2. The zero-order chi connectivity index (χ0) is 36.5. The molecule has 0 aliphatic heterocycles. The van der Waals surface area contributed by atoms with Crippen molar-refractivity contribution in [2.45, 2.75) is 26.7 Å². The summed E-state index contributed by atoms with van der Waals surface area (Å²) in [6, 6.07) is 44.4. The van der Waals surface area contributed by atoms with Gasteiger partial charge in [-0.1, -0.05) is 121 Å². The van der Waals surface area contributed by atoms with E-state index >= 15 is 0 Å². The van der Waals surface area contributed by atoms with Gasteiger partial charge in [0, 0.05) is 46.5 Å². The normalized spacial score (nSPS) is 11.7. The Kier molecular flexibility index (Phi) is 11.3. The molecule has 0 aromatic heterocycles. The molecule has 0 amide bonds. The van der Waals surface area contributed by atoms with E-state index in [2.05, 4.69) is 0 Å². The van der Waals surface area contributed by atoms with E-state index in [4.69, 9.17) is 9.98 Å². The van der Waals surface area contributed by atoms with Crippen molar-refractivity contribution in [1.29, 1.82) is 0 Å². The van der Waals surface area contributed by atoms with Crippen molar-refractivity contribution in [2.75, 3.05) is 13.1 Å². The Labute approximate surface area is 304 Å². The van der Waals surface area contributed by atoms with E-state index in [-0.39, 0.29) is 34.2 Å². The van der Waals surface area contributed by atoms with Gasteiger partial charge in [0.2, 0.25) is 0 Å². The Morgan fingerprint density at radius 3 is 1.06 bits per heavy atom. The average molecular weight is 685 g/mol. The van der Waals surface area contributed by atoms with E-state index in [1.165, 1.54) is 0 Å². The smallest absolute Gasteiger partial charge is 0.196 e. The van der Waals surface area contributed by atoms with Crippen LogP contribution >= 0.6 is 0 Å². The van der Waals surface area contributed by atoms with E-state index < -0.39 is 0 Å². The van der Waals surface area contributed by atoms with Crippen LogP contribution in [0.15, 0.2) is 156 Å². The van der Waals surface area contributed by atoms with E-state index in [0.717, 1.165) is 22.3 Å². The molecular weight excluding hydrogens is 645 g/mol. The third-order valence-corrected chi connectivity index (χ3v) is 8.78. The topological polar surface area (TPSA) is 99.3 Å². The van der Waals surface area contributed by atoms with Crippen molar-refractivity contribution in [3.05, 3.63) is 201 Å². The Bertz CT molecular complexity index is 2080. The van der Waals surface area contributed by atoms with Gasteiger partial charge in [-0.2, -0.15) is 0 Å². The predicted molar refractivity (Wildman–Crippen MR) is 209 cm³/mol. The molecule has 0 fully saturated rings. The van der Waals surface area contributed by atoms with Crippen LogP contribution in [0.1, 0.15) is 78.1 Å². The molecule has 6 nitrogen and oxygen atoms in total. The molecule has 258 valence electrons. The number of phenolic OH excluding ortho intramolecular Hbond substituents is 2. The zero-order valence-corrected chi connectivity index (χ0v) is 29.3. The number of benzene rings is 6.